The maximum atomic E-state index is 13.9. The van der Waals surface area contributed by atoms with Crippen molar-refractivity contribution in [3.8, 4) is 5.75 Å². The van der Waals surface area contributed by atoms with Crippen LogP contribution in [0.15, 0.2) is 22.7 Å². The van der Waals surface area contributed by atoms with Crippen LogP contribution in [0.25, 0.3) is 0 Å². The van der Waals surface area contributed by atoms with Crippen molar-refractivity contribution in [3.63, 3.8) is 0 Å². The molecule has 1 aromatic heterocycles. The monoisotopic (exact) mass is 433 g/mol. The second-order valence-electron chi connectivity index (χ2n) is 8.37. The van der Waals surface area contributed by atoms with Crippen LogP contribution in [0, 0.1) is 23.6 Å². The van der Waals surface area contributed by atoms with Crippen molar-refractivity contribution in [2.24, 2.45) is 17.8 Å². The summed E-state index contributed by atoms with van der Waals surface area (Å²) in [5.74, 6) is 1.52. The van der Waals surface area contributed by atoms with Crippen LogP contribution in [-0.2, 0) is 22.6 Å². The number of aromatic nitrogens is 2. The smallest absolute Gasteiger partial charge is 0.324 e. The molecule has 1 saturated carbocycles. The lowest BCUT2D eigenvalue weighted by Gasteiger charge is -2.30. The Kier molecular flexibility index (Phi) is 6.70. The van der Waals surface area contributed by atoms with E-state index in [0.717, 1.165) is 38.3 Å². The SMILES string of the molecule is COCc1noc(N2CCC(C3CC3CCOc3ccc(CC(=O)O)c(F)c3)CC2)n1. The summed E-state index contributed by atoms with van der Waals surface area (Å²) < 4.78 is 30.0. The largest absolute Gasteiger partial charge is 0.493 e. The molecule has 0 bridgehead atoms. The number of halogens is 1. The van der Waals surface area contributed by atoms with E-state index in [9.17, 15) is 9.18 Å². The van der Waals surface area contributed by atoms with Gasteiger partial charge in [0.15, 0.2) is 5.82 Å². The molecule has 9 heteroatoms. The molecule has 2 unspecified atom stereocenters. The number of benzene rings is 1. The molecule has 1 saturated heterocycles. The first kappa shape index (κ1) is 21.5. The third-order valence-corrected chi connectivity index (χ3v) is 6.25. The fourth-order valence-electron chi connectivity index (χ4n) is 4.51. The molecule has 1 aliphatic heterocycles. The van der Waals surface area contributed by atoms with Crippen LogP contribution in [0.4, 0.5) is 10.4 Å². The summed E-state index contributed by atoms with van der Waals surface area (Å²) in [5.41, 5.74) is 0.170. The van der Waals surface area contributed by atoms with Crippen molar-refractivity contribution in [1.29, 1.82) is 0 Å². The molecule has 2 fully saturated rings. The minimum absolute atomic E-state index is 0.170. The third-order valence-electron chi connectivity index (χ3n) is 6.25. The Hall–Kier alpha value is -2.68. The van der Waals surface area contributed by atoms with Gasteiger partial charge in [-0.05, 0) is 55.1 Å². The van der Waals surface area contributed by atoms with Gasteiger partial charge in [-0.15, -0.1) is 0 Å². The number of piperidine rings is 1. The Balaban J connectivity index is 1.17. The van der Waals surface area contributed by atoms with Crippen molar-refractivity contribution >= 4 is 12.0 Å². The first-order chi connectivity index (χ1) is 15.0. The van der Waals surface area contributed by atoms with Gasteiger partial charge in [-0.25, -0.2) is 4.39 Å². The summed E-state index contributed by atoms with van der Waals surface area (Å²) in [6.07, 6.45) is 4.07. The summed E-state index contributed by atoms with van der Waals surface area (Å²) in [5, 5.41) is 12.7. The molecule has 31 heavy (non-hydrogen) atoms. The normalized spacial score (nSPS) is 21.3. The molecule has 2 heterocycles. The van der Waals surface area contributed by atoms with E-state index in [1.807, 2.05) is 0 Å². The molecular formula is C22H28FN3O5. The third kappa shape index (κ3) is 5.52. The molecule has 1 N–H and O–H groups in total. The van der Waals surface area contributed by atoms with E-state index in [1.165, 1.54) is 18.6 Å². The predicted octanol–water partition coefficient (Wildman–Crippen LogP) is 3.30. The van der Waals surface area contributed by atoms with Crippen molar-refractivity contribution < 1.29 is 28.3 Å². The number of carboxylic acid groups (broad SMARTS) is 1. The number of rotatable bonds is 10. The van der Waals surface area contributed by atoms with Crippen LogP contribution in [-0.4, -0.2) is 48.0 Å². The maximum Gasteiger partial charge on any atom is 0.324 e. The van der Waals surface area contributed by atoms with Gasteiger partial charge in [-0.1, -0.05) is 11.2 Å². The molecule has 1 aromatic carbocycles. The molecule has 2 atom stereocenters. The van der Waals surface area contributed by atoms with E-state index in [4.69, 9.17) is 19.1 Å². The lowest BCUT2D eigenvalue weighted by atomic mass is 9.90. The summed E-state index contributed by atoms with van der Waals surface area (Å²) in [4.78, 5) is 17.2. The van der Waals surface area contributed by atoms with Crippen molar-refractivity contribution in [2.45, 2.75) is 38.7 Å². The highest BCUT2D eigenvalue weighted by Crippen LogP contribution is 2.49. The Labute approximate surface area is 180 Å². The number of hydrogen-bond donors (Lipinski definition) is 1. The van der Waals surface area contributed by atoms with E-state index in [-0.39, 0.29) is 12.0 Å². The van der Waals surface area contributed by atoms with Gasteiger partial charge >= 0.3 is 12.0 Å². The van der Waals surface area contributed by atoms with Gasteiger partial charge in [0.1, 0.15) is 18.2 Å². The Bertz CT molecular complexity index is 897. The topological polar surface area (TPSA) is 97.9 Å². The summed E-state index contributed by atoms with van der Waals surface area (Å²) in [6.45, 7) is 2.73. The molecule has 1 aliphatic carbocycles. The minimum atomic E-state index is -1.05. The average Bonchev–Trinajstić information content (AvgIpc) is 3.37. The fraction of sp³-hybridized carbons (Fsp3) is 0.591. The van der Waals surface area contributed by atoms with Gasteiger partial charge < -0.3 is 24.0 Å². The highest BCUT2D eigenvalue weighted by Gasteiger charge is 2.43. The summed E-state index contributed by atoms with van der Waals surface area (Å²) >= 11 is 0. The predicted molar refractivity (Wildman–Crippen MR) is 109 cm³/mol. The second-order valence-corrected chi connectivity index (χ2v) is 8.37. The number of nitrogens with zero attached hydrogens (tertiary/aromatic N) is 3. The van der Waals surface area contributed by atoms with Crippen LogP contribution in [0.1, 0.15) is 37.1 Å². The van der Waals surface area contributed by atoms with Crippen LogP contribution in [0.2, 0.25) is 0 Å². The average molecular weight is 433 g/mol. The Morgan fingerprint density at radius 2 is 2.16 bits per heavy atom. The lowest BCUT2D eigenvalue weighted by Crippen LogP contribution is -2.34. The quantitative estimate of drug-likeness (QED) is 0.610. The molecule has 2 aromatic rings. The number of anilines is 1. The standard InChI is InChI=1S/C22H28FN3O5/c1-29-13-20-24-22(31-25-20)26-7-4-14(5-8-26)18-10-15(18)6-9-30-17-3-2-16(11-21(27)28)19(23)12-17/h2-3,12,14-15,18H,4-11,13H2,1H3,(H,27,28). The molecule has 0 amide bonds. The summed E-state index contributed by atoms with van der Waals surface area (Å²) in [6, 6.07) is 4.96. The van der Waals surface area contributed by atoms with Gasteiger partial charge in [0.05, 0.1) is 13.0 Å². The first-order valence-corrected chi connectivity index (χ1v) is 10.7. The number of methoxy groups -OCH3 is 1. The number of carboxylic acids is 1. The van der Waals surface area contributed by atoms with Crippen LogP contribution in [0.3, 0.4) is 0 Å². The highest BCUT2D eigenvalue weighted by atomic mass is 19.1. The number of ether oxygens (including phenoxy) is 2. The zero-order valence-corrected chi connectivity index (χ0v) is 17.6. The van der Waals surface area contributed by atoms with Crippen LogP contribution >= 0.6 is 0 Å². The van der Waals surface area contributed by atoms with E-state index in [2.05, 4.69) is 15.0 Å². The van der Waals surface area contributed by atoms with E-state index in [0.29, 0.717) is 42.6 Å². The Morgan fingerprint density at radius 1 is 1.35 bits per heavy atom. The highest BCUT2D eigenvalue weighted by molar-refractivity contribution is 5.70. The minimum Gasteiger partial charge on any atom is -0.493 e. The van der Waals surface area contributed by atoms with Gasteiger partial charge in [-0.3, -0.25) is 4.79 Å². The second kappa shape index (κ2) is 9.64. The molecule has 4 rings (SSSR count). The molecule has 168 valence electrons. The lowest BCUT2D eigenvalue weighted by molar-refractivity contribution is -0.136. The number of carbonyl (C=O) groups is 1. The van der Waals surface area contributed by atoms with Gasteiger partial charge in [0, 0.05) is 26.3 Å². The fourth-order valence-corrected chi connectivity index (χ4v) is 4.51. The molecular weight excluding hydrogens is 405 g/mol. The molecule has 2 aliphatic rings. The van der Waals surface area contributed by atoms with Crippen molar-refractivity contribution in [1.82, 2.24) is 10.1 Å². The number of aliphatic carboxylic acids is 1. The number of hydrogen-bond acceptors (Lipinski definition) is 7. The van der Waals surface area contributed by atoms with Gasteiger partial charge in [0.25, 0.3) is 0 Å². The van der Waals surface area contributed by atoms with Crippen molar-refractivity contribution in [2.75, 3.05) is 31.7 Å². The maximum absolute atomic E-state index is 13.9. The van der Waals surface area contributed by atoms with Gasteiger partial charge in [-0.2, -0.15) is 4.98 Å². The molecule has 0 radical (unpaired) electrons. The van der Waals surface area contributed by atoms with E-state index >= 15 is 0 Å². The first-order valence-electron chi connectivity index (χ1n) is 10.7. The van der Waals surface area contributed by atoms with E-state index in [1.54, 1.807) is 13.2 Å². The van der Waals surface area contributed by atoms with Crippen LogP contribution < -0.4 is 9.64 Å². The molecule has 0 spiro atoms. The van der Waals surface area contributed by atoms with E-state index < -0.39 is 11.8 Å². The van der Waals surface area contributed by atoms with Crippen LogP contribution in [0.5, 0.6) is 5.75 Å². The molecule has 8 nitrogen and oxygen atoms in total. The zero-order chi connectivity index (χ0) is 21.8. The Morgan fingerprint density at radius 3 is 2.87 bits per heavy atom. The van der Waals surface area contributed by atoms with Crippen molar-refractivity contribution in [3.05, 3.63) is 35.4 Å². The summed E-state index contributed by atoms with van der Waals surface area (Å²) in [7, 11) is 1.61. The van der Waals surface area contributed by atoms with Gasteiger partial charge in [0.2, 0.25) is 0 Å². The zero-order valence-electron chi connectivity index (χ0n) is 17.6.